The number of hydrogen-bond acceptors (Lipinski definition) is 2. The SMILES string of the molecule is C/C=C\C(C)CCN(C)CCC(=O)C(CC)CC. The van der Waals surface area contributed by atoms with Gasteiger partial charge in [0, 0.05) is 18.9 Å². The molecule has 1 unspecified atom stereocenters. The molecule has 2 heteroatoms. The van der Waals surface area contributed by atoms with E-state index in [-0.39, 0.29) is 5.92 Å². The van der Waals surface area contributed by atoms with Crippen molar-refractivity contribution in [1.29, 1.82) is 0 Å². The third-order valence-electron chi connectivity index (χ3n) is 3.67. The van der Waals surface area contributed by atoms with Gasteiger partial charge in [-0.1, -0.05) is 32.9 Å². The molecule has 0 aliphatic rings. The second-order valence-electron chi connectivity index (χ2n) is 5.32. The molecule has 0 aromatic rings. The zero-order valence-corrected chi connectivity index (χ0v) is 12.9. The average Bonchev–Trinajstić information content (AvgIpc) is 2.35. The summed E-state index contributed by atoms with van der Waals surface area (Å²) in [5.41, 5.74) is 0. The Morgan fingerprint density at radius 1 is 1.22 bits per heavy atom. The van der Waals surface area contributed by atoms with Crippen LogP contribution >= 0.6 is 0 Å². The van der Waals surface area contributed by atoms with Crippen LogP contribution in [0.4, 0.5) is 0 Å². The Morgan fingerprint density at radius 3 is 2.33 bits per heavy atom. The van der Waals surface area contributed by atoms with Gasteiger partial charge in [0.05, 0.1) is 0 Å². The number of rotatable bonds is 10. The molecule has 0 bridgehead atoms. The number of allylic oxidation sites excluding steroid dienone is 2. The van der Waals surface area contributed by atoms with Crippen LogP contribution in [0.25, 0.3) is 0 Å². The fraction of sp³-hybridized carbons (Fsp3) is 0.812. The van der Waals surface area contributed by atoms with Crippen molar-refractivity contribution < 1.29 is 4.79 Å². The fourth-order valence-corrected chi connectivity index (χ4v) is 2.21. The summed E-state index contributed by atoms with van der Waals surface area (Å²) in [7, 11) is 2.11. The number of Topliss-reactive ketones (excluding diaryl/α,β-unsaturated/α-hetero) is 1. The molecule has 0 saturated heterocycles. The maximum absolute atomic E-state index is 11.9. The monoisotopic (exact) mass is 253 g/mol. The van der Waals surface area contributed by atoms with Gasteiger partial charge in [-0.05, 0) is 45.7 Å². The zero-order valence-electron chi connectivity index (χ0n) is 12.9. The minimum Gasteiger partial charge on any atom is -0.306 e. The van der Waals surface area contributed by atoms with E-state index in [4.69, 9.17) is 0 Å². The lowest BCUT2D eigenvalue weighted by atomic mass is 9.96. The highest BCUT2D eigenvalue weighted by molar-refractivity contribution is 5.81. The largest absolute Gasteiger partial charge is 0.306 e. The number of ketones is 1. The van der Waals surface area contributed by atoms with Gasteiger partial charge in [0.15, 0.2) is 0 Å². The van der Waals surface area contributed by atoms with E-state index in [1.165, 1.54) is 6.42 Å². The Balaban J connectivity index is 3.82. The first-order valence-electron chi connectivity index (χ1n) is 7.39. The molecule has 2 nitrogen and oxygen atoms in total. The van der Waals surface area contributed by atoms with Gasteiger partial charge in [0.1, 0.15) is 5.78 Å². The van der Waals surface area contributed by atoms with Crippen molar-refractivity contribution in [2.24, 2.45) is 11.8 Å². The lowest BCUT2D eigenvalue weighted by Crippen LogP contribution is -2.26. The van der Waals surface area contributed by atoms with E-state index in [1.807, 2.05) is 0 Å². The normalized spacial score (nSPS) is 13.7. The van der Waals surface area contributed by atoms with Gasteiger partial charge < -0.3 is 4.90 Å². The van der Waals surface area contributed by atoms with E-state index < -0.39 is 0 Å². The van der Waals surface area contributed by atoms with Crippen molar-refractivity contribution >= 4 is 5.78 Å². The van der Waals surface area contributed by atoms with Crippen LogP contribution in [0.5, 0.6) is 0 Å². The van der Waals surface area contributed by atoms with E-state index in [2.05, 4.69) is 51.8 Å². The quantitative estimate of drug-likeness (QED) is 0.550. The summed E-state index contributed by atoms with van der Waals surface area (Å²) in [5.74, 6) is 1.35. The van der Waals surface area contributed by atoms with Crippen molar-refractivity contribution in [3.8, 4) is 0 Å². The molecule has 0 rings (SSSR count). The van der Waals surface area contributed by atoms with Gasteiger partial charge in [-0.25, -0.2) is 0 Å². The summed E-state index contributed by atoms with van der Waals surface area (Å²) in [5, 5.41) is 0. The molecule has 0 aliphatic carbocycles. The third-order valence-corrected chi connectivity index (χ3v) is 3.67. The summed E-state index contributed by atoms with van der Waals surface area (Å²) in [4.78, 5) is 14.2. The molecule has 0 radical (unpaired) electrons. The molecule has 0 saturated carbocycles. The van der Waals surface area contributed by atoms with Crippen LogP contribution in [-0.2, 0) is 4.79 Å². The van der Waals surface area contributed by atoms with Crippen LogP contribution < -0.4 is 0 Å². The van der Waals surface area contributed by atoms with Gasteiger partial charge in [0.2, 0.25) is 0 Å². The van der Waals surface area contributed by atoms with Crippen molar-refractivity contribution in [2.75, 3.05) is 20.1 Å². The Morgan fingerprint density at radius 2 is 1.83 bits per heavy atom. The Kier molecular flexibility index (Phi) is 9.95. The molecular weight excluding hydrogens is 222 g/mol. The van der Waals surface area contributed by atoms with Gasteiger partial charge in [-0.15, -0.1) is 0 Å². The molecule has 0 aliphatic heterocycles. The highest BCUT2D eigenvalue weighted by Gasteiger charge is 2.14. The molecule has 0 heterocycles. The molecule has 0 aromatic heterocycles. The van der Waals surface area contributed by atoms with E-state index in [9.17, 15) is 4.79 Å². The van der Waals surface area contributed by atoms with Crippen LogP contribution in [0.2, 0.25) is 0 Å². The smallest absolute Gasteiger partial charge is 0.137 e. The van der Waals surface area contributed by atoms with Crippen LogP contribution in [0.15, 0.2) is 12.2 Å². The van der Waals surface area contributed by atoms with Crippen molar-refractivity contribution in [2.45, 2.75) is 53.4 Å². The standard InChI is InChI=1S/C16H31NO/c1-6-9-14(4)10-12-17(5)13-11-16(18)15(7-2)8-3/h6,9,14-15H,7-8,10-13H2,1-5H3/b9-6-. The van der Waals surface area contributed by atoms with Crippen LogP contribution in [0.3, 0.4) is 0 Å². The van der Waals surface area contributed by atoms with Crippen molar-refractivity contribution in [3.05, 3.63) is 12.2 Å². The summed E-state index contributed by atoms with van der Waals surface area (Å²) in [6.07, 6.45) is 8.19. The molecule has 0 amide bonds. The zero-order chi connectivity index (χ0) is 14.0. The highest BCUT2D eigenvalue weighted by Crippen LogP contribution is 2.11. The molecule has 0 spiro atoms. The predicted molar refractivity (Wildman–Crippen MR) is 79.8 cm³/mol. The van der Waals surface area contributed by atoms with Crippen LogP contribution in [-0.4, -0.2) is 30.8 Å². The van der Waals surface area contributed by atoms with Crippen molar-refractivity contribution in [1.82, 2.24) is 4.90 Å². The second-order valence-corrected chi connectivity index (χ2v) is 5.32. The maximum atomic E-state index is 11.9. The van der Waals surface area contributed by atoms with E-state index in [0.29, 0.717) is 18.1 Å². The summed E-state index contributed by atoms with van der Waals surface area (Å²) in [6, 6.07) is 0. The Bertz CT molecular complexity index is 243. The first kappa shape index (κ1) is 17.4. The lowest BCUT2D eigenvalue weighted by Gasteiger charge is -2.19. The molecule has 0 fully saturated rings. The predicted octanol–water partition coefficient (Wildman–Crippen LogP) is 3.92. The molecule has 0 aromatic carbocycles. The third kappa shape index (κ3) is 7.65. The average molecular weight is 253 g/mol. The van der Waals surface area contributed by atoms with Gasteiger partial charge in [0.25, 0.3) is 0 Å². The molecular formula is C16H31NO. The first-order chi connectivity index (χ1) is 8.54. The molecule has 106 valence electrons. The fourth-order valence-electron chi connectivity index (χ4n) is 2.21. The topological polar surface area (TPSA) is 20.3 Å². The lowest BCUT2D eigenvalue weighted by molar-refractivity contribution is -0.123. The summed E-state index contributed by atoms with van der Waals surface area (Å²) >= 11 is 0. The maximum Gasteiger partial charge on any atom is 0.137 e. The molecule has 0 N–H and O–H groups in total. The molecule has 18 heavy (non-hydrogen) atoms. The Labute approximate surface area is 113 Å². The van der Waals surface area contributed by atoms with Crippen LogP contribution in [0, 0.1) is 11.8 Å². The van der Waals surface area contributed by atoms with Crippen molar-refractivity contribution in [3.63, 3.8) is 0 Å². The summed E-state index contributed by atoms with van der Waals surface area (Å²) < 4.78 is 0. The van der Waals surface area contributed by atoms with E-state index in [0.717, 1.165) is 25.9 Å². The van der Waals surface area contributed by atoms with E-state index >= 15 is 0 Å². The minimum absolute atomic E-state index is 0.278. The number of hydrogen-bond donors (Lipinski definition) is 0. The van der Waals surface area contributed by atoms with Crippen LogP contribution in [0.1, 0.15) is 53.4 Å². The Hall–Kier alpha value is -0.630. The molecule has 1 atom stereocenters. The number of carbonyl (C=O) groups is 1. The minimum atomic E-state index is 0.278. The summed E-state index contributed by atoms with van der Waals surface area (Å²) in [6.45, 7) is 10.5. The highest BCUT2D eigenvalue weighted by atomic mass is 16.1. The van der Waals surface area contributed by atoms with E-state index in [1.54, 1.807) is 0 Å². The number of carbonyl (C=O) groups excluding carboxylic acids is 1. The van der Waals surface area contributed by atoms with Gasteiger partial charge in [-0.3, -0.25) is 4.79 Å². The number of nitrogens with zero attached hydrogens (tertiary/aromatic N) is 1. The first-order valence-corrected chi connectivity index (χ1v) is 7.39. The second kappa shape index (κ2) is 10.3. The van der Waals surface area contributed by atoms with Gasteiger partial charge in [-0.2, -0.15) is 0 Å². The van der Waals surface area contributed by atoms with Gasteiger partial charge >= 0.3 is 0 Å².